The Morgan fingerprint density at radius 3 is 2.78 bits per heavy atom. The van der Waals surface area contributed by atoms with E-state index in [4.69, 9.17) is 9.52 Å². The van der Waals surface area contributed by atoms with Gasteiger partial charge in [-0.15, -0.1) is 0 Å². The van der Waals surface area contributed by atoms with Crippen LogP contribution < -0.4 is 0 Å². The first-order valence-corrected chi connectivity index (χ1v) is 8.43. The summed E-state index contributed by atoms with van der Waals surface area (Å²) in [5.41, 5.74) is 3.00. The van der Waals surface area contributed by atoms with Gasteiger partial charge in [-0.25, -0.2) is 9.78 Å². The summed E-state index contributed by atoms with van der Waals surface area (Å²) in [6.45, 7) is 1.94. The van der Waals surface area contributed by atoms with Crippen molar-refractivity contribution in [3.05, 3.63) is 48.0 Å². The molecular weight excluding hydrogens is 350 g/mol. The number of aromatic hydroxyl groups is 2. The molecule has 0 saturated carbocycles. The van der Waals surface area contributed by atoms with E-state index in [0.29, 0.717) is 23.4 Å². The van der Waals surface area contributed by atoms with E-state index in [1.54, 1.807) is 24.5 Å². The Morgan fingerprint density at radius 1 is 1.26 bits per heavy atom. The maximum atomic E-state index is 11.2. The Balaban J connectivity index is 1.99. The lowest BCUT2D eigenvalue weighted by Gasteiger charge is -2.10. The first-order valence-electron chi connectivity index (χ1n) is 8.43. The zero-order valence-corrected chi connectivity index (χ0v) is 14.4. The molecule has 8 heteroatoms. The first kappa shape index (κ1) is 16.8. The number of aromatic carboxylic acids is 1. The fourth-order valence-corrected chi connectivity index (χ4v) is 3.23. The summed E-state index contributed by atoms with van der Waals surface area (Å²) in [7, 11) is 0. The molecule has 1 aromatic carbocycles. The standard InChI is InChI=1S/C19H17N3O5/c1-2-3-11-16(14-6-7-15(27-14)19(25)26)22(18(24)17(11)23)10-4-5-12-13(8-10)21-9-20-12/h4-9,23-24H,2-3H2,1H3,(H,20,21)(H,25,26). The summed E-state index contributed by atoms with van der Waals surface area (Å²) in [6.07, 6.45) is 2.77. The molecule has 0 aliphatic carbocycles. The van der Waals surface area contributed by atoms with E-state index < -0.39 is 5.97 Å². The van der Waals surface area contributed by atoms with Gasteiger partial charge in [0.1, 0.15) is 0 Å². The lowest BCUT2D eigenvalue weighted by Crippen LogP contribution is -1.98. The van der Waals surface area contributed by atoms with Gasteiger partial charge in [0.15, 0.2) is 11.5 Å². The summed E-state index contributed by atoms with van der Waals surface area (Å²) < 4.78 is 6.91. The molecule has 0 atom stereocenters. The molecule has 4 rings (SSSR count). The summed E-state index contributed by atoms with van der Waals surface area (Å²) in [4.78, 5) is 18.4. The van der Waals surface area contributed by atoms with Crippen LogP contribution in [0.5, 0.6) is 11.6 Å². The minimum absolute atomic E-state index is 0.219. The number of furan rings is 1. The van der Waals surface area contributed by atoms with Gasteiger partial charge in [0.25, 0.3) is 0 Å². The normalized spacial score (nSPS) is 11.3. The number of carboxylic acid groups (broad SMARTS) is 1. The van der Waals surface area contributed by atoms with Crippen molar-refractivity contribution in [1.82, 2.24) is 14.5 Å². The van der Waals surface area contributed by atoms with Gasteiger partial charge in [0.2, 0.25) is 11.6 Å². The summed E-state index contributed by atoms with van der Waals surface area (Å²) in [5, 5.41) is 30.2. The van der Waals surface area contributed by atoms with Crippen LogP contribution in [0.2, 0.25) is 0 Å². The highest BCUT2D eigenvalue weighted by molar-refractivity contribution is 5.85. The number of H-pyrrole nitrogens is 1. The van der Waals surface area contributed by atoms with Gasteiger partial charge in [0.05, 0.1) is 28.7 Å². The number of aromatic nitrogens is 3. The van der Waals surface area contributed by atoms with Gasteiger partial charge in [0, 0.05) is 5.56 Å². The number of nitrogens with one attached hydrogen (secondary N) is 1. The smallest absolute Gasteiger partial charge is 0.371 e. The third-order valence-corrected chi connectivity index (χ3v) is 4.43. The molecule has 0 bridgehead atoms. The predicted molar refractivity (Wildman–Crippen MR) is 97.4 cm³/mol. The Labute approximate surface area is 153 Å². The van der Waals surface area contributed by atoms with E-state index in [1.807, 2.05) is 6.92 Å². The highest BCUT2D eigenvalue weighted by atomic mass is 16.4. The summed E-state index contributed by atoms with van der Waals surface area (Å²) in [6, 6.07) is 8.18. The molecule has 0 saturated heterocycles. The van der Waals surface area contributed by atoms with Crippen molar-refractivity contribution < 1.29 is 24.5 Å². The molecule has 3 heterocycles. The fourth-order valence-electron chi connectivity index (χ4n) is 3.23. The SMILES string of the molecule is CCCc1c(O)c(O)n(-c2ccc3nc[nH]c3c2)c1-c1ccc(C(=O)O)o1. The lowest BCUT2D eigenvalue weighted by molar-refractivity contribution is 0.0663. The number of carboxylic acids is 1. The third kappa shape index (κ3) is 2.62. The second-order valence-electron chi connectivity index (χ2n) is 6.16. The van der Waals surface area contributed by atoms with E-state index in [1.165, 1.54) is 16.7 Å². The Morgan fingerprint density at radius 2 is 2.07 bits per heavy atom. The van der Waals surface area contributed by atoms with Gasteiger partial charge in [-0.1, -0.05) is 13.3 Å². The summed E-state index contributed by atoms with van der Waals surface area (Å²) in [5.74, 6) is -1.74. The second-order valence-corrected chi connectivity index (χ2v) is 6.16. The number of aromatic amines is 1. The van der Waals surface area contributed by atoms with E-state index in [-0.39, 0.29) is 23.1 Å². The molecule has 4 aromatic rings. The highest BCUT2D eigenvalue weighted by Crippen LogP contribution is 2.44. The van der Waals surface area contributed by atoms with Crippen molar-refractivity contribution in [1.29, 1.82) is 0 Å². The molecule has 0 unspecified atom stereocenters. The van der Waals surface area contributed by atoms with Gasteiger partial charge in [-0.3, -0.25) is 4.57 Å². The average molecular weight is 367 g/mol. The number of imidazole rings is 1. The molecule has 27 heavy (non-hydrogen) atoms. The van der Waals surface area contributed by atoms with Crippen molar-refractivity contribution in [2.75, 3.05) is 0 Å². The Hall–Kier alpha value is -3.68. The number of fused-ring (bicyclic) bond motifs is 1. The molecule has 0 spiro atoms. The van der Waals surface area contributed by atoms with Crippen molar-refractivity contribution >= 4 is 17.0 Å². The van der Waals surface area contributed by atoms with Crippen LogP contribution >= 0.6 is 0 Å². The largest absolute Gasteiger partial charge is 0.503 e. The molecule has 3 aromatic heterocycles. The topological polar surface area (TPSA) is 125 Å². The molecule has 0 aliphatic heterocycles. The van der Waals surface area contributed by atoms with Crippen LogP contribution in [0.1, 0.15) is 29.5 Å². The van der Waals surface area contributed by atoms with Crippen molar-refractivity contribution in [2.24, 2.45) is 0 Å². The van der Waals surface area contributed by atoms with Gasteiger partial charge in [-0.05, 0) is 36.8 Å². The Kier molecular flexibility index (Phi) is 3.88. The predicted octanol–water partition coefficient (Wildman–Crippen LogP) is 3.68. The van der Waals surface area contributed by atoms with Crippen LogP contribution in [-0.2, 0) is 6.42 Å². The number of hydrogen-bond acceptors (Lipinski definition) is 5. The number of carbonyl (C=O) groups is 1. The molecule has 0 aliphatic rings. The molecule has 0 fully saturated rings. The number of rotatable bonds is 5. The van der Waals surface area contributed by atoms with Crippen LogP contribution in [0.3, 0.4) is 0 Å². The zero-order chi connectivity index (χ0) is 19.1. The van der Waals surface area contributed by atoms with Crippen molar-refractivity contribution in [3.8, 4) is 28.8 Å². The van der Waals surface area contributed by atoms with Crippen molar-refractivity contribution in [2.45, 2.75) is 19.8 Å². The molecule has 0 radical (unpaired) electrons. The summed E-state index contributed by atoms with van der Waals surface area (Å²) >= 11 is 0. The van der Waals surface area contributed by atoms with Gasteiger partial charge >= 0.3 is 5.97 Å². The van der Waals surface area contributed by atoms with Crippen LogP contribution in [0, 0.1) is 0 Å². The molecule has 8 nitrogen and oxygen atoms in total. The van der Waals surface area contributed by atoms with E-state index in [2.05, 4.69) is 9.97 Å². The van der Waals surface area contributed by atoms with E-state index >= 15 is 0 Å². The zero-order valence-electron chi connectivity index (χ0n) is 14.4. The first-order chi connectivity index (χ1) is 13.0. The molecular formula is C19H17N3O5. The monoisotopic (exact) mass is 367 g/mol. The van der Waals surface area contributed by atoms with Crippen molar-refractivity contribution in [3.63, 3.8) is 0 Å². The Bertz CT molecular complexity index is 1150. The maximum Gasteiger partial charge on any atom is 0.371 e. The maximum absolute atomic E-state index is 11.2. The number of benzene rings is 1. The minimum Gasteiger partial charge on any atom is -0.503 e. The van der Waals surface area contributed by atoms with Gasteiger partial charge in [-0.2, -0.15) is 0 Å². The van der Waals surface area contributed by atoms with Gasteiger partial charge < -0.3 is 24.7 Å². The molecule has 0 amide bonds. The van der Waals surface area contributed by atoms with Crippen LogP contribution in [0.4, 0.5) is 0 Å². The van der Waals surface area contributed by atoms with Crippen LogP contribution in [0.15, 0.2) is 41.1 Å². The average Bonchev–Trinajstić information content (AvgIpc) is 3.35. The van der Waals surface area contributed by atoms with E-state index in [0.717, 1.165) is 17.5 Å². The quantitative estimate of drug-likeness (QED) is 0.426. The number of nitrogens with zero attached hydrogens (tertiary/aromatic N) is 2. The van der Waals surface area contributed by atoms with Crippen LogP contribution in [0.25, 0.3) is 28.2 Å². The highest BCUT2D eigenvalue weighted by Gasteiger charge is 2.26. The fraction of sp³-hybridized carbons (Fsp3) is 0.158. The van der Waals surface area contributed by atoms with Crippen LogP contribution in [-0.4, -0.2) is 35.8 Å². The lowest BCUT2D eigenvalue weighted by atomic mass is 10.1. The second kappa shape index (κ2) is 6.24. The number of hydrogen-bond donors (Lipinski definition) is 4. The third-order valence-electron chi connectivity index (χ3n) is 4.43. The molecule has 4 N–H and O–H groups in total. The van der Waals surface area contributed by atoms with E-state index in [9.17, 15) is 15.0 Å². The molecule has 138 valence electrons. The minimum atomic E-state index is -1.19.